The topological polar surface area (TPSA) is 29.5 Å². The smallest absolute Gasteiger partial charge is 0.323 e. The van der Waals surface area contributed by atoms with E-state index in [1.165, 1.54) is 38.5 Å². The SMILES string of the molecule is CC(C(=O)OC(C)(C)C)N(C)C1CCCCCC1. The third kappa shape index (κ3) is 4.97. The van der Waals surface area contributed by atoms with E-state index >= 15 is 0 Å². The van der Waals surface area contributed by atoms with Crippen LogP contribution in [0.15, 0.2) is 0 Å². The third-order valence-electron chi connectivity index (χ3n) is 3.76. The van der Waals surface area contributed by atoms with Gasteiger partial charge in [-0.15, -0.1) is 0 Å². The van der Waals surface area contributed by atoms with Crippen molar-refractivity contribution in [2.24, 2.45) is 0 Å². The van der Waals surface area contributed by atoms with E-state index in [2.05, 4.69) is 11.9 Å². The van der Waals surface area contributed by atoms with Crippen LogP contribution < -0.4 is 0 Å². The molecule has 0 spiro atoms. The lowest BCUT2D eigenvalue weighted by molar-refractivity contribution is -0.161. The predicted molar refractivity (Wildman–Crippen MR) is 74.6 cm³/mol. The van der Waals surface area contributed by atoms with Gasteiger partial charge in [-0.25, -0.2) is 0 Å². The molecule has 1 saturated carbocycles. The number of hydrogen-bond donors (Lipinski definition) is 0. The first-order valence-electron chi connectivity index (χ1n) is 7.26. The summed E-state index contributed by atoms with van der Waals surface area (Å²) in [4.78, 5) is 14.3. The molecular weight excluding hydrogens is 226 g/mol. The van der Waals surface area contributed by atoms with Crippen LogP contribution in [-0.4, -0.2) is 35.6 Å². The molecule has 1 fully saturated rings. The van der Waals surface area contributed by atoms with Crippen LogP contribution in [0.25, 0.3) is 0 Å². The summed E-state index contributed by atoms with van der Waals surface area (Å²) in [5.41, 5.74) is -0.393. The molecule has 0 saturated heterocycles. The highest BCUT2D eigenvalue weighted by Gasteiger charge is 2.28. The number of rotatable bonds is 3. The fourth-order valence-corrected chi connectivity index (χ4v) is 2.53. The number of carbonyl (C=O) groups excluding carboxylic acids is 1. The zero-order valence-electron chi connectivity index (χ0n) is 12.7. The Bertz CT molecular complexity index is 262. The molecule has 0 heterocycles. The van der Waals surface area contributed by atoms with Crippen molar-refractivity contribution >= 4 is 5.97 Å². The highest BCUT2D eigenvalue weighted by Crippen LogP contribution is 2.23. The molecule has 1 aliphatic rings. The van der Waals surface area contributed by atoms with E-state index in [1.54, 1.807) is 0 Å². The summed E-state index contributed by atoms with van der Waals surface area (Å²) < 4.78 is 5.46. The number of likely N-dealkylation sites (N-methyl/N-ethyl adjacent to an activating group) is 1. The second-order valence-electron chi connectivity index (χ2n) is 6.52. The number of nitrogens with zero attached hydrogens (tertiary/aromatic N) is 1. The van der Waals surface area contributed by atoms with Crippen LogP contribution in [0.2, 0.25) is 0 Å². The monoisotopic (exact) mass is 255 g/mol. The quantitative estimate of drug-likeness (QED) is 0.572. The Morgan fingerprint density at radius 2 is 1.67 bits per heavy atom. The summed E-state index contributed by atoms with van der Waals surface area (Å²) in [5.74, 6) is -0.103. The lowest BCUT2D eigenvalue weighted by atomic mass is 10.1. The molecule has 0 aliphatic heterocycles. The Morgan fingerprint density at radius 3 is 2.11 bits per heavy atom. The van der Waals surface area contributed by atoms with Gasteiger partial charge >= 0.3 is 5.97 Å². The minimum Gasteiger partial charge on any atom is -0.459 e. The van der Waals surface area contributed by atoms with E-state index in [-0.39, 0.29) is 12.0 Å². The van der Waals surface area contributed by atoms with Crippen LogP contribution in [0.4, 0.5) is 0 Å². The van der Waals surface area contributed by atoms with E-state index in [0.717, 1.165) is 0 Å². The Hall–Kier alpha value is -0.570. The van der Waals surface area contributed by atoms with Gasteiger partial charge < -0.3 is 4.74 Å². The van der Waals surface area contributed by atoms with Crippen molar-refractivity contribution < 1.29 is 9.53 Å². The Kier molecular flexibility index (Phi) is 5.64. The van der Waals surface area contributed by atoms with E-state index in [1.807, 2.05) is 27.7 Å². The summed E-state index contributed by atoms with van der Waals surface area (Å²) in [6.07, 6.45) is 7.68. The van der Waals surface area contributed by atoms with Crippen molar-refractivity contribution in [2.75, 3.05) is 7.05 Å². The first-order chi connectivity index (χ1) is 8.31. The molecule has 0 bridgehead atoms. The minimum atomic E-state index is -0.393. The minimum absolute atomic E-state index is 0.103. The largest absolute Gasteiger partial charge is 0.459 e. The Labute approximate surface area is 112 Å². The van der Waals surface area contributed by atoms with Crippen LogP contribution in [0, 0.1) is 0 Å². The van der Waals surface area contributed by atoms with E-state index in [4.69, 9.17) is 4.74 Å². The molecule has 106 valence electrons. The first-order valence-corrected chi connectivity index (χ1v) is 7.26. The maximum absolute atomic E-state index is 12.1. The van der Waals surface area contributed by atoms with E-state index in [0.29, 0.717) is 6.04 Å². The summed E-state index contributed by atoms with van der Waals surface area (Å²) in [6.45, 7) is 7.72. The summed E-state index contributed by atoms with van der Waals surface area (Å²) in [6, 6.07) is 0.391. The highest BCUT2D eigenvalue weighted by atomic mass is 16.6. The predicted octanol–water partition coefficient (Wildman–Crippen LogP) is 3.37. The normalized spacial score (nSPS) is 20.6. The number of esters is 1. The van der Waals surface area contributed by atoms with Crippen LogP contribution in [0.1, 0.15) is 66.2 Å². The van der Waals surface area contributed by atoms with Gasteiger partial charge in [-0.2, -0.15) is 0 Å². The van der Waals surface area contributed by atoms with Crippen LogP contribution in [-0.2, 0) is 9.53 Å². The lowest BCUT2D eigenvalue weighted by Gasteiger charge is -2.33. The van der Waals surface area contributed by atoms with E-state index < -0.39 is 5.60 Å². The second-order valence-corrected chi connectivity index (χ2v) is 6.52. The summed E-state index contributed by atoms with van der Waals surface area (Å²) >= 11 is 0. The van der Waals surface area contributed by atoms with Gasteiger partial charge in [0.1, 0.15) is 11.6 Å². The molecule has 3 nitrogen and oxygen atoms in total. The van der Waals surface area contributed by atoms with Gasteiger partial charge in [0.2, 0.25) is 0 Å². The van der Waals surface area contributed by atoms with Gasteiger partial charge in [0.15, 0.2) is 0 Å². The molecule has 1 rings (SSSR count). The average Bonchev–Trinajstić information content (AvgIpc) is 2.53. The number of hydrogen-bond acceptors (Lipinski definition) is 3. The number of carbonyl (C=O) groups is 1. The molecule has 0 aromatic heterocycles. The van der Waals surface area contributed by atoms with Gasteiger partial charge in [0.25, 0.3) is 0 Å². The van der Waals surface area contributed by atoms with Gasteiger partial charge in [0.05, 0.1) is 0 Å². The molecule has 3 heteroatoms. The van der Waals surface area contributed by atoms with E-state index in [9.17, 15) is 4.79 Å². The number of ether oxygens (including phenoxy) is 1. The third-order valence-corrected chi connectivity index (χ3v) is 3.76. The Balaban J connectivity index is 2.53. The maximum Gasteiger partial charge on any atom is 0.323 e. The van der Waals surface area contributed by atoms with Crippen LogP contribution in [0.3, 0.4) is 0 Å². The molecule has 0 amide bonds. The van der Waals surface area contributed by atoms with Crippen molar-refractivity contribution in [1.82, 2.24) is 4.90 Å². The van der Waals surface area contributed by atoms with Crippen LogP contribution in [0.5, 0.6) is 0 Å². The van der Waals surface area contributed by atoms with Crippen LogP contribution >= 0.6 is 0 Å². The van der Waals surface area contributed by atoms with Gasteiger partial charge in [-0.1, -0.05) is 25.7 Å². The van der Waals surface area contributed by atoms with Crippen molar-refractivity contribution in [2.45, 2.75) is 83.9 Å². The molecule has 0 radical (unpaired) electrons. The van der Waals surface area contributed by atoms with Gasteiger partial charge in [-0.3, -0.25) is 9.69 Å². The fourth-order valence-electron chi connectivity index (χ4n) is 2.53. The standard InChI is InChI=1S/C15H29NO2/c1-12(14(17)18-15(2,3)4)16(5)13-10-8-6-7-9-11-13/h12-13H,6-11H2,1-5H3. The molecule has 1 aliphatic carbocycles. The lowest BCUT2D eigenvalue weighted by Crippen LogP contribution is -2.45. The van der Waals surface area contributed by atoms with Crippen molar-refractivity contribution in [1.29, 1.82) is 0 Å². The van der Waals surface area contributed by atoms with Crippen molar-refractivity contribution in [3.63, 3.8) is 0 Å². The zero-order chi connectivity index (χ0) is 13.8. The van der Waals surface area contributed by atoms with Gasteiger partial charge in [0, 0.05) is 6.04 Å². The second kappa shape index (κ2) is 6.55. The first kappa shape index (κ1) is 15.5. The summed E-state index contributed by atoms with van der Waals surface area (Å²) in [5, 5.41) is 0. The van der Waals surface area contributed by atoms with Crippen molar-refractivity contribution in [3.05, 3.63) is 0 Å². The Morgan fingerprint density at radius 1 is 1.17 bits per heavy atom. The zero-order valence-corrected chi connectivity index (χ0v) is 12.7. The molecule has 1 unspecified atom stereocenters. The molecule has 1 atom stereocenters. The summed E-state index contributed by atoms with van der Waals surface area (Å²) in [7, 11) is 2.06. The fraction of sp³-hybridized carbons (Fsp3) is 0.933. The molecule has 0 N–H and O–H groups in total. The molecule has 0 aromatic carbocycles. The average molecular weight is 255 g/mol. The van der Waals surface area contributed by atoms with Gasteiger partial charge in [-0.05, 0) is 47.6 Å². The molecular formula is C15H29NO2. The maximum atomic E-state index is 12.1. The molecule has 0 aromatic rings. The molecule has 18 heavy (non-hydrogen) atoms. The van der Waals surface area contributed by atoms with Crippen molar-refractivity contribution in [3.8, 4) is 0 Å². The highest BCUT2D eigenvalue weighted by molar-refractivity contribution is 5.75.